The van der Waals surface area contributed by atoms with Crippen LogP contribution >= 0.6 is 0 Å². The zero-order valence-corrected chi connectivity index (χ0v) is 15.7. The molecule has 3 heteroatoms. The first-order chi connectivity index (χ1) is 12.0. The Morgan fingerprint density at radius 3 is 2.56 bits per heavy atom. The van der Waals surface area contributed by atoms with Gasteiger partial charge in [-0.15, -0.1) is 0 Å². The Morgan fingerprint density at radius 1 is 1.08 bits per heavy atom. The van der Waals surface area contributed by atoms with E-state index >= 15 is 0 Å². The van der Waals surface area contributed by atoms with Crippen LogP contribution in [0.3, 0.4) is 0 Å². The van der Waals surface area contributed by atoms with Crippen molar-refractivity contribution in [3.05, 3.63) is 64.2 Å². The molecule has 1 aliphatic rings. The summed E-state index contributed by atoms with van der Waals surface area (Å²) in [6.07, 6.45) is 1.63. The molecule has 2 aromatic rings. The van der Waals surface area contributed by atoms with E-state index in [1.165, 1.54) is 27.8 Å². The Bertz CT molecular complexity index is 782. The molecule has 1 unspecified atom stereocenters. The summed E-state index contributed by atoms with van der Waals surface area (Å²) >= 11 is 0. The number of hydrogen-bond donors (Lipinski definition) is 1. The molecular formula is C22H28N2O. The summed E-state index contributed by atoms with van der Waals surface area (Å²) in [5, 5.41) is 3.63. The summed E-state index contributed by atoms with van der Waals surface area (Å²) in [7, 11) is 0. The van der Waals surface area contributed by atoms with Gasteiger partial charge in [-0.3, -0.25) is 4.79 Å². The van der Waals surface area contributed by atoms with Gasteiger partial charge in [0, 0.05) is 31.2 Å². The van der Waals surface area contributed by atoms with E-state index in [9.17, 15) is 4.79 Å². The van der Waals surface area contributed by atoms with Crippen LogP contribution in [-0.4, -0.2) is 12.5 Å². The average molecular weight is 336 g/mol. The van der Waals surface area contributed by atoms with Gasteiger partial charge >= 0.3 is 0 Å². The predicted molar refractivity (Wildman–Crippen MR) is 104 cm³/mol. The molecule has 1 heterocycles. The van der Waals surface area contributed by atoms with E-state index in [1.54, 1.807) is 0 Å². The normalized spacial score (nSPS) is 15.7. The van der Waals surface area contributed by atoms with Crippen molar-refractivity contribution in [2.45, 2.75) is 53.1 Å². The van der Waals surface area contributed by atoms with Crippen molar-refractivity contribution in [1.82, 2.24) is 5.32 Å². The number of carbonyl (C=O) groups is 1. The molecule has 3 rings (SSSR count). The van der Waals surface area contributed by atoms with E-state index in [0.29, 0.717) is 6.42 Å². The number of nitrogens with zero attached hydrogens (tertiary/aromatic N) is 1. The molecule has 1 fully saturated rings. The maximum absolute atomic E-state index is 12.0. The second-order valence-electron chi connectivity index (χ2n) is 7.21. The van der Waals surface area contributed by atoms with E-state index < -0.39 is 0 Å². The Kier molecular flexibility index (Phi) is 5.24. The standard InChI is InChI=1S/C22H28N2O/c1-15-11-17(3)20(12-16(15)2)14-23-18(4)19-7-5-8-21(13-19)24-10-6-9-22(24)25/h5,7-8,11-13,18,23H,6,9-10,14H2,1-4H3. The van der Waals surface area contributed by atoms with E-state index in [2.05, 4.69) is 63.3 Å². The van der Waals surface area contributed by atoms with Gasteiger partial charge in [0.1, 0.15) is 0 Å². The van der Waals surface area contributed by atoms with Crippen molar-refractivity contribution in [3.8, 4) is 0 Å². The highest BCUT2D eigenvalue weighted by Gasteiger charge is 2.22. The number of amides is 1. The molecule has 1 saturated heterocycles. The maximum atomic E-state index is 12.0. The van der Waals surface area contributed by atoms with Crippen molar-refractivity contribution < 1.29 is 4.79 Å². The lowest BCUT2D eigenvalue weighted by Gasteiger charge is -2.20. The molecule has 1 N–H and O–H groups in total. The molecule has 1 aliphatic heterocycles. The van der Waals surface area contributed by atoms with Gasteiger partial charge in [-0.25, -0.2) is 0 Å². The lowest BCUT2D eigenvalue weighted by Crippen LogP contribution is -2.24. The van der Waals surface area contributed by atoms with Gasteiger partial charge in [-0.05, 0) is 74.1 Å². The Labute approximate surface area is 151 Å². The SMILES string of the molecule is Cc1cc(C)c(CNC(C)c2cccc(N3CCCC3=O)c2)cc1C. The summed E-state index contributed by atoms with van der Waals surface area (Å²) in [6.45, 7) is 10.4. The first-order valence-electron chi connectivity index (χ1n) is 9.16. The lowest BCUT2D eigenvalue weighted by atomic mass is 10.00. The fourth-order valence-electron chi connectivity index (χ4n) is 3.47. The van der Waals surface area contributed by atoms with Crippen LogP contribution in [0.1, 0.15) is 53.6 Å². The first-order valence-corrected chi connectivity index (χ1v) is 9.16. The minimum Gasteiger partial charge on any atom is -0.312 e. The van der Waals surface area contributed by atoms with Crippen LogP contribution in [0.4, 0.5) is 5.69 Å². The maximum Gasteiger partial charge on any atom is 0.227 e. The molecule has 2 aromatic carbocycles. The fraction of sp³-hybridized carbons (Fsp3) is 0.409. The molecule has 0 bridgehead atoms. The van der Waals surface area contributed by atoms with Crippen LogP contribution in [0.2, 0.25) is 0 Å². The lowest BCUT2D eigenvalue weighted by molar-refractivity contribution is -0.117. The highest BCUT2D eigenvalue weighted by molar-refractivity contribution is 5.95. The second kappa shape index (κ2) is 7.40. The third-order valence-electron chi connectivity index (χ3n) is 5.31. The summed E-state index contributed by atoms with van der Waals surface area (Å²) in [6, 6.07) is 13.1. The van der Waals surface area contributed by atoms with Crippen molar-refractivity contribution in [2.24, 2.45) is 0 Å². The van der Waals surface area contributed by atoms with Crippen LogP contribution in [-0.2, 0) is 11.3 Å². The van der Waals surface area contributed by atoms with Crippen molar-refractivity contribution in [1.29, 1.82) is 0 Å². The molecule has 0 aliphatic carbocycles. The van der Waals surface area contributed by atoms with Crippen LogP contribution in [0, 0.1) is 20.8 Å². The van der Waals surface area contributed by atoms with Crippen LogP contribution in [0.5, 0.6) is 0 Å². The summed E-state index contributed by atoms with van der Waals surface area (Å²) in [5.41, 5.74) is 7.61. The third kappa shape index (κ3) is 3.93. The zero-order valence-electron chi connectivity index (χ0n) is 15.7. The molecule has 3 nitrogen and oxygen atoms in total. The van der Waals surface area contributed by atoms with Gasteiger partial charge in [0.25, 0.3) is 0 Å². The number of aryl methyl sites for hydroxylation is 3. The molecule has 0 aromatic heterocycles. The minimum atomic E-state index is 0.235. The van der Waals surface area contributed by atoms with Crippen molar-refractivity contribution >= 4 is 11.6 Å². The smallest absolute Gasteiger partial charge is 0.227 e. The second-order valence-corrected chi connectivity index (χ2v) is 7.21. The van der Waals surface area contributed by atoms with Crippen LogP contribution in [0.25, 0.3) is 0 Å². The van der Waals surface area contributed by atoms with Gasteiger partial charge < -0.3 is 10.2 Å². The molecule has 1 amide bonds. The van der Waals surface area contributed by atoms with Gasteiger partial charge in [0.15, 0.2) is 0 Å². The summed E-state index contributed by atoms with van der Waals surface area (Å²) < 4.78 is 0. The van der Waals surface area contributed by atoms with Crippen molar-refractivity contribution in [2.75, 3.05) is 11.4 Å². The van der Waals surface area contributed by atoms with E-state index in [1.807, 2.05) is 11.0 Å². The predicted octanol–water partition coefficient (Wildman–Crippen LogP) is 4.59. The van der Waals surface area contributed by atoms with Gasteiger partial charge in [0.2, 0.25) is 5.91 Å². The van der Waals surface area contributed by atoms with Crippen LogP contribution in [0.15, 0.2) is 36.4 Å². The number of carbonyl (C=O) groups excluding carboxylic acids is 1. The van der Waals surface area contributed by atoms with Crippen LogP contribution < -0.4 is 10.2 Å². The topological polar surface area (TPSA) is 32.3 Å². The van der Waals surface area contributed by atoms with E-state index in [0.717, 1.165) is 25.2 Å². The van der Waals surface area contributed by atoms with E-state index in [4.69, 9.17) is 0 Å². The molecule has 0 saturated carbocycles. The number of anilines is 1. The Balaban J connectivity index is 1.70. The summed E-state index contributed by atoms with van der Waals surface area (Å²) in [5.74, 6) is 0.239. The monoisotopic (exact) mass is 336 g/mol. The van der Waals surface area contributed by atoms with E-state index in [-0.39, 0.29) is 11.9 Å². The number of nitrogens with one attached hydrogen (secondary N) is 1. The highest BCUT2D eigenvalue weighted by Crippen LogP contribution is 2.25. The molecule has 132 valence electrons. The van der Waals surface area contributed by atoms with Gasteiger partial charge in [-0.2, -0.15) is 0 Å². The zero-order chi connectivity index (χ0) is 18.0. The number of rotatable bonds is 5. The third-order valence-corrected chi connectivity index (χ3v) is 5.31. The average Bonchev–Trinajstić information content (AvgIpc) is 3.03. The minimum absolute atomic E-state index is 0.235. The molecule has 1 atom stereocenters. The first kappa shape index (κ1) is 17.7. The molecule has 0 spiro atoms. The molecule has 0 radical (unpaired) electrons. The quantitative estimate of drug-likeness (QED) is 0.866. The summed E-state index contributed by atoms with van der Waals surface area (Å²) in [4.78, 5) is 13.9. The molecular weight excluding hydrogens is 308 g/mol. The Hall–Kier alpha value is -2.13. The Morgan fingerprint density at radius 2 is 1.84 bits per heavy atom. The van der Waals surface area contributed by atoms with Crippen molar-refractivity contribution in [3.63, 3.8) is 0 Å². The number of benzene rings is 2. The molecule has 25 heavy (non-hydrogen) atoms. The fourth-order valence-corrected chi connectivity index (χ4v) is 3.47. The highest BCUT2D eigenvalue weighted by atomic mass is 16.2. The largest absolute Gasteiger partial charge is 0.312 e. The number of hydrogen-bond acceptors (Lipinski definition) is 2. The van der Waals surface area contributed by atoms with Gasteiger partial charge in [0.05, 0.1) is 0 Å². The van der Waals surface area contributed by atoms with Gasteiger partial charge in [-0.1, -0.05) is 24.3 Å².